The second kappa shape index (κ2) is 9.44. The van der Waals surface area contributed by atoms with Crippen LogP contribution in [0.15, 0.2) is 36.5 Å². The SMILES string of the molecule is Cc1cnc(-c2cc(O[C@H]3CCOC3)cc(C(=O)N[C@H](C)c3ccc(C(F)(F)F)nn3)c2)s1. The minimum atomic E-state index is -4.58. The second-order valence-corrected chi connectivity index (χ2v) is 8.90. The Hall–Kier alpha value is -3.05. The van der Waals surface area contributed by atoms with E-state index >= 15 is 0 Å². The number of alkyl halides is 3. The average Bonchev–Trinajstić information content (AvgIpc) is 3.44. The van der Waals surface area contributed by atoms with Gasteiger partial charge in [-0.25, -0.2) is 4.98 Å². The fraction of sp³-hybridized carbons (Fsp3) is 0.364. The lowest BCUT2D eigenvalue weighted by Crippen LogP contribution is -2.28. The van der Waals surface area contributed by atoms with Crippen LogP contribution < -0.4 is 10.1 Å². The Morgan fingerprint density at radius 2 is 2.09 bits per heavy atom. The summed E-state index contributed by atoms with van der Waals surface area (Å²) in [7, 11) is 0. The highest BCUT2D eigenvalue weighted by molar-refractivity contribution is 7.14. The number of carbonyl (C=O) groups excluding carboxylic acids is 1. The zero-order valence-corrected chi connectivity index (χ0v) is 18.7. The number of hydrogen-bond acceptors (Lipinski definition) is 7. The summed E-state index contributed by atoms with van der Waals surface area (Å²) in [5.41, 5.74) is 0.189. The van der Waals surface area contributed by atoms with Crippen molar-refractivity contribution >= 4 is 17.2 Å². The minimum absolute atomic E-state index is 0.101. The Labute approximate surface area is 192 Å². The maximum absolute atomic E-state index is 13.0. The molecule has 0 spiro atoms. The van der Waals surface area contributed by atoms with Crippen LogP contribution in [0, 0.1) is 6.92 Å². The zero-order valence-electron chi connectivity index (χ0n) is 17.8. The highest BCUT2D eigenvalue weighted by Crippen LogP contribution is 2.31. The van der Waals surface area contributed by atoms with Crippen molar-refractivity contribution in [1.29, 1.82) is 0 Å². The summed E-state index contributed by atoms with van der Waals surface area (Å²) >= 11 is 1.49. The Morgan fingerprint density at radius 1 is 1.27 bits per heavy atom. The van der Waals surface area contributed by atoms with Gasteiger partial charge in [-0.15, -0.1) is 16.4 Å². The quantitative estimate of drug-likeness (QED) is 0.558. The number of nitrogens with zero attached hydrogens (tertiary/aromatic N) is 3. The van der Waals surface area contributed by atoms with Gasteiger partial charge in [0.2, 0.25) is 0 Å². The van der Waals surface area contributed by atoms with Gasteiger partial charge in [0.1, 0.15) is 16.9 Å². The van der Waals surface area contributed by atoms with Crippen molar-refractivity contribution < 1.29 is 27.4 Å². The standard InChI is InChI=1S/C22H21F3N4O3S/c1-12-10-26-21(33-12)15-7-14(8-17(9-15)32-16-5-6-31-11-16)20(30)27-13(2)18-3-4-19(29-28-18)22(23,24)25/h3-4,7-10,13,16H,5-6,11H2,1-2H3,(H,27,30)/t13-,16+/m1/s1. The van der Waals surface area contributed by atoms with Crippen molar-refractivity contribution in [3.63, 3.8) is 0 Å². The van der Waals surface area contributed by atoms with Gasteiger partial charge in [-0.2, -0.15) is 18.3 Å². The lowest BCUT2D eigenvalue weighted by atomic mass is 10.1. The topological polar surface area (TPSA) is 86.2 Å². The van der Waals surface area contributed by atoms with Gasteiger partial charge in [0.25, 0.3) is 5.91 Å². The van der Waals surface area contributed by atoms with E-state index in [4.69, 9.17) is 9.47 Å². The molecule has 0 aliphatic carbocycles. The van der Waals surface area contributed by atoms with Crippen molar-refractivity contribution in [1.82, 2.24) is 20.5 Å². The van der Waals surface area contributed by atoms with Gasteiger partial charge >= 0.3 is 6.18 Å². The van der Waals surface area contributed by atoms with E-state index in [1.54, 1.807) is 25.3 Å². The number of aryl methyl sites for hydroxylation is 1. The van der Waals surface area contributed by atoms with Crippen LogP contribution in [-0.2, 0) is 10.9 Å². The Balaban J connectivity index is 1.56. The molecule has 33 heavy (non-hydrogen) atoms. The number of carbonyl (C=O) groups is 1. The van der Waals surface area contributed by atoms with Gasteiger partial charge in [-0.1, -0.05) is 0 Å². The van der Waals surface area contributed by atoms with Crippen molar-refractivity contribution in [3.05, 3.63) is 58.4 Å². The highest BCUT2D eigenvalue weighted by Gasteiger charge is 2.33. The van der Waals surface area contributed by atoms with E-state index < -0.39 is 23.8 Å². The van der Waals surface area contributed by atoms with Crippen LogP contribution in [0.2, 0.25) is 0 Å². The summed E-state index contributed by atoms with van der Waals surface area (Å²) in [6.45, 7) is 4.66. The molecule has 1 amide bonds. The molecular formula is C22H21F3N4O3S. The maximum Gasteiger partial charge on any atom is 0.435 e. The molecular weight excluding hydrogens is 457 g/mol. The summed E-state index contributed by atoms with van der Waals surface area (Å²) in [4.78, 5) is 18.4. The van der Waals surface area contributed by atoms with Crippen LogP contribution in [0.25, 0.3) is 10.6 Å². The largest absolute Gasteiger partial charge is 0.488 e. The molecule has 0 radical (unpaired) electrons. The van der Waals surface area contributed by atoms with Gasteiger partial charge in [0, 0.05) is 28.6 Å². The fourth-order valence-corrected chi connectivity index (χ4v) is 4.04. The number of halogens is 3. The number of nitrogens with one attached hydrogen (secondary N) is 1. The summed E-state index contributed by atoms with van der Waals surface area (Å²) in [5, 5.41) is 10.3. The predicted molar refractivity (Wildman–Crippen MR) is 115 cm³/mol. The first-order chi connectivity index (χ1) is 15.7. The van der Waals surface area contributed by atoms with Crippen LogP contribution in [0.1, 0.15) is 46.0 Å². The molecule has 1 aromatic carbocycles. The van der Waals surface area contributed by atoms with Gasteiger partial charge in [0.05, 0.1) is 24.9 Å². The molecule has 4 rings (SSSR count). The van der Waals surface area contributed by atoms with E-state index in [2.05, 4.69) is 20.5 Å². The molecule has 2 atom stereocenters. The van der Waals surface area contributed by atoms with Crippen LogP contribution in [-0.4, -0.2) is 40.4 Å². The van der Waals surface area contributed by atoms with E-state index in [-0.39, 0.29) is 11.8 Å². The van der Waals surface area contributed by atoms with Crippen molar-refractivity contribution in [2.75, 3.05) is 13.2 Å². The number of aromatic nitrogens is 3. The van der Waals surface area contributed by atoms with E-state index in [0.717, 1.165) is 27.9 Å². The van der Waals surface area contributed by atoms with Gasteiger partial charge < -0.3 is 14.8 Å². The number of hydrogen-bond donors (Lipinski definition) is 1. The summed E-state index contributed by atoms with van der Waals surface area (Å²) in [5.74, 6) is 0.0924. The second-order valence-electron chi connectivity index (χ2n) is 7.66. The third kappa shape index (κ3) is 5.66. The Kier molecular flexibility index (Phi) is 6.61. The molecule has 7 nitrogen and oxygen atoms in total. The first-order valence-electron chi connectivity index (χ1n) is 10.2. The molecule has 1 aliphatic rings. The highest BCUT2D eigenvalue weighted by atomic mass is 32.1. The first kappa shape index (κ1) is 23.1. The Morgan fingerprint density at radius 3 is 2.70 bits per heavy atom. The molecule has 3 heterocycles. The van der Waals surface area contributed by atoms with Gasteiger partial charge in [-0.3, -0.25) is 4.79 Å². The van der Waals surface area contributed by atoms with Crippen molar-refractivity contribution in [3.8, 4) is 16.3 Å². The van der Waals surface area contributed by atoms with Crippen LogP contribution in [0.3, 0.4) is 0 Å². The molecule has 0 saturated carbocycles. The Bertz CT molecular complexity index is 1130. The lowest BCUT2D eigenvalue weighted by Gasteiger charge is -2.16. The molecule has 1 fully saturated rings. The molecule has 174 valence electrons. The molecule has 0 bridgehead atoms. The maximum atomic E-state index is 13.0. The number of rotatable bonds is 6. The number of ether oxygens (including phenoxy) is 2. The molecule has 2 aromatic heterocycles. The molecule has 3 aromatic rings. The minimum Gasteiger partial charge on any atom is -0.488 e. The number of benzene rings is 1. The third-order valence-corrected chi connectivity index (χ3v) is 5.96. The number of amides is 1. The average molecular weight is 478 g/mol. The van der Waals surface area contributed by atoms with E-state index in [0.29, 0.717) is 24.5 Å². The molecule has 1 aliphatic heterocycles. The van der Waals surface area contributed by atoms with Gasteiger partial charge in [-0.05, 0) is 44.2 Å². The fourth-order valence-electron chi connectivity index (χ4n) is 3.29. The molecule has 1 N–H and O–H groups in total. The van der Waals surface area contributed by atoms with Crippen molar-refractivity contribution in [2.45, 2.75) is 38.6 Å². The monoisotopic (exact) mass is 478 g/mol. The van der Waals surface area contributed by atoms with E-state index in [9.17, 15) is 18.0 Å². The van der Waals surface area contributed by atoms with Crippen LogP contribution in [0.5, 0.6) is 5.75 Å². The van der Waals surface area contributed by atoms with E-state index in [1.807, 2.05) is 13.0 Å². The summed E-state index contributed by atoms with van der Waals surface area (Å²) < 4.78 is 49.5. The molecule has 11 heteroatoms. The van der Waals surface area contributed by atoms with E-state index in [1.165, 1.54) is 17.4 Å². The normalized spacial score (nSPS) is 17.1. The van der Waals surface area contributed by atoms with Crippen molar-refractivity contribution in [2.24, 2.45) is 0 Å². The predicted octanol–water partition coefficient (Wildman–Crippen LogP) is 4.59. The first-order valence-corrected chi connectivity index (χ1v) is 11.0. The van der Waals surface area contributed by atoms with Gasteiger partial charge in [0.15, 0.2) is 5.69 Å². The third-order valence-electron chi connectivity index (χ3n) is 4.99. The summed E-state index contributed by atoms with van der Waals surface area (Å²) in [6.07, 6.45) is -2.17. The smallest absolute Gasteiger partial charge is 0.435 e. The lowest BCUT2D eigenvalue weighted by molar-refractivity contribution is -0.141. The number of thiazole rings is 1. The van der Waals surface area contributed by atoms with Crippen LogP contribution in [0.4, 0.5) is 13.2 Å². The molecule has 1 saturated heterocycles. The summed E-state index contributed by atoms with van der Waals surface area (Å²) in [6, 6.07) is 6.54. The van der Waals surface area contributed by atoms with Crippen LogP contribution >= 0.6 is 11.3 Å². The zero-order chi connectivity index (χ0) is 23.6. The molecule has 0 unspecified atom stereocenters.